The van der Waals surface area contributed by atoms with Gasteiger partial charge in [-0.3, -0.25) is 10.3 Å². The van der Waals surface area contributed by atoms with Gasteiger partial charge in [0, 0.05) is 38.2 Å². The Hall–Kier alpha value is -2.22. The van der Waals surface area contributed by atoms with Crippen molar-refractivity contribution in [3.8, 4) is 0 Å². The Morgan fingerprint density at radius 2 is 1.64 bits per heavy atom. The van der Waals surface area contributed by atoms with Crippen LogP contribution >= 0.6 is 0 Å². The number of rotatable bonds is 5. The molecule has 3 N–H and O–H groups in total. The molecule has 0 spiro atoms. The second-order valence-electron chi connectivity index (χ2n) is 6.12. The molecule has 6 nitrogen and oxygen atoms in total. The Labute approximate surface area is 148 Å². The van der Waals surface area contributed by atoms with Crippen molar-refractivity contribution in [1.29, 1.82) is 0 Å². The molecule has 1 fully saturated rings. The Bertz CT molecular complexity index is 823. The highest BCUT2D eigenvalue weighted by Gasteiger charge is 2.15. The number of hydrogen-bond donors (Lipinski definition) is 2. The van der Waals surface area contributed by atoms with Crippen LogP contribution in [0.1, 0.15) is 18.4 Å². The van der Waals surface area contributed by atoms with Gasteiger partial charge in [-0.05, 0) is 29.8 Å². The van der Waals surface area contributed by atoms with Crippen molar-refractivity contribution in [2.24, 2.45) is 10.2 Å². The number of primary sulfonamides is 1. The third-order valence-corrected chi connectivity index (χ3v) is 5.14. The van der Waals surface area contributed by atoms with Gasteiger partial charge in [-0.2, -0.15) is 5.10 Å². The van der Waals surface area contributed by atoms with Gasteiger partial charge in [0.05, 0.1) is 10.6 Å². The van der Waals surface area contributed by atoms with Crippen LogP contribution in [-0.4, -0.2) is 32.1 Å². The van der Waals surface area contributed by atoms with Gasteiger partial charge in [0.15, 0.2) is 0 Å². The van der Waals surface area contributed by atoms with E-state index in [1.165, 1.54) is 17.7 Å². The summed E-state index contributed by atoms with van der Waals surface area (Å²) in [5.41, 5.74) is 6.19. The number of piperidine rings is 1. The fourth-order valence-corrected chi connectivity index (χ4v) is 3.30. The fraction of sp³-hybridized carbons (Fsp3) is 0.278. The van der Waals surface area contributed by atoms with Crippen LogP contribution in [0.5, 0.6) is 0 Å². The average molecular weight is 358 g/mol. The quantitative estimate of drug-likeness (QED) is 0.804. The first-order valence-corrected chi connectivity index (χ1v) is 9.76. The number of hydrazone groups is 1. The molecule has 1 saturated heterocycles. The van der Waals surface area contributed by atoms with Crippen molar-refractivity contribution >= 4 is 21.4 Å². The van der Waals surface area contributed by atoms with Crippen molar-refractivity contribution in [3.05, 3.63) is 60.2 Å². The highest BCUT2D eigenvalue weighted by Crippen LogP contribution is 2.15. The standard InChI is InChI=1S/C18H22N4O2S/c19-25(23,24)18-8-6-16(7-9-18)20-21-17-10-12-22(13-11-17)14-15-4-2-1-3-5-15/h1-9,20H,10-14H2,(H2,19,23,24). The normalized spacial score (nSPS) is 15.8. The van der Waals surface area contributed by atoms with E-state index in [9.17, 15) is 8.42 Å². The SMILES string of the molecule is NS(=O)(=O)c1ccc(NN=C2CCN(Cc3ccccc3)CC2)cc1. The van der Waals surface area contributed by atoms with E-state index in [0.717, 1.165) is 43.9 Å². The molecule has 2 aromatic rings. The molecule has 1 aliphatic rings. The molecule has 0 amide bonds. The number of nitrogens with zero attached hydrogens (tertiary/aromatic N) is 2. The average Bonchev–Trinajstić information content (AvgIpc) is 2.62. The van der Waals surface area contributed by atoms with Crippen LogP contribution in [0, 0.1) is 0 Å². The molecule has 0 atom stereocenters. The lowest BCUT2D eigenvalue weighted by Gasteiger charge is -2.27. The van der Waals surface area contributed by atoms with Crippen LogP contribution in [-0.2, 0) is 16.6 Å². The summed E-state index contributed by atoms with van der Waals surface area (Å²) in [4.78, 5) is 2.52. The predicted octanol–water partition coefficient (Wildman–Crippen LogP) is 2.40. The van der Waals surface area contributed by atoms with Crippen LogP contribution in [0.15, 0.2) is 64.6 Å². The van der Waals surface area contributed by atoms with E-state index in [1.807, 2.05) is 6.07 Å². The first-order valence-electron chi connectivity index (χ1n) is 8.21. The van der Waals surface area contributed by atoms with E-state index < -0.39 is 10.0 Å². The number of sulfonamides is 1. The molecule has 0 saturated carbocycles. The zero-order valence-electron chi connectivity index (χ0n) is 13.9. The molecule has 0 aromatic heterocycles. The number of hydrogen-bond acceptors (Lipinski definition) is 5. The largest absolute Gasteiger partial charge is 0.298 e. The first-order chi connectivity index (χ1) is 12.0. The zero-order valence-corrected chi connectivity index (χ0v) is 14.7. The van der Waals surface area contributed by atoms with Crippen molar-refractivity contribution in [2.75, 3.05) is 18.5 Å². The third kappa shape index (κ3) is 5.12. The number of nitrogens with two attached hydrogens (primary N) is 1. The zero-order chi connectivity index (χ0) is 17.7. The molecule has 1 aliphatic heterocycles. The van der Waals surface area contributed by atoms with E-state index in [0.29, 0.717) is 0 Å². The van der Waals surface area contributed by atoms with Gasteiger partial charge in [0.25, 0.3) is 0 Å². The molecule has 132 valence electrons. The van der Waals surface area contributed by atoms with Gasteiger partial charge in [-0.15, -0.1) is 0 Å². The van der Waals surface area contributed by atoms with Crippen LogP contribution in [0.4, 0.5) is 5.69 Å². The van der Waals surface area contributed by atoms with Gasteiger partial charge in [-0.1, -0.05) is 30.3 Å². The minimum Gasteiger partial charge on any atom is -0.298 e. The highest BCUT2D eigenvalue weighted by molar-refractivity contribution is 7.89. The minimum absolute atomic E-state index is 0.0972. The second-order valence-corrected chi connectivity index (χ2v) is 7.68. The molecule has 1 heterocycles. The Kier molecular flexibility index (Phi) is 5.47. The van der Waals surface area contributed by atoms with Crippen LogP contribution in [0.3, 0.4) is 0 Å². The van der Waals surface area contributed by atoms with Crippen molar-refractivity contribution in [1.82, 2.24) is 4.90 Å². The van der Waals surface area contributed by atoms with E-state index >= 15 is 0 Å². The van der Waals surface area contributed by atoms with Gasteiger partial charge in [-0.25, -0.2) is 13.6 Å². The molecule has 2 aromatic carbocycles. The maximum atomic E-state index is 11.2. The smallest absolute Gasteiger partial charge is 0.238 e. The van der Waals surface area contributed by atoms with E-state index in [2.05, 4.69) is 39.7 Å². The molecule has 7 heteroatoms. The second kappa shape index (κ2) is 7.77. The molecule has 0 aliphatic carbocycles. The third-order valence-electron chi connectivity index (χ3n) is 4.21. The van der Waals surface area contributed by atoms with Gasteiger partial charge in [0.1, 0.15) is 0 Å². The number of benzene rings is 2. The maximum absolute atomic E-state index is 11.2. The Morgan fingerprint density at radius 1 is 1.00 bits per heavy atom. The number of anilines is 1. The Morgan fingerprint density at radius 3 is 2.24 bits per heavy atom. The fourth-order valence-electron chi connectivity index (χ4n) is 2.79. The van der Waals surface area contributed by atoms with E-state index in [-0.39, 0.29) is 4.90 Å². The molecule has 25 heavy (non-hydrogen) atoms. The first kappa shape index (κ1) is 17.6. The summed E-state index contributed by atoms with van der Waals surface area (Å²) < 4.78 is 22.5. The number of likely N-dealkylation sites (tertiary alicyclic amines) is 1. The van der Waals surface area contributed by atoms with Crippen LogP contribution < -0.4 is 10.6 Å². The molecule has 0 radical (unpaired) electrons. The molecular weight excluding hydrogens is 336 g/mol. The summed E-state index contributed by atoms with van der Waals surface area (Å²) >= 11 is 0. The molecular formula is C18H22N4O2S. The molecule has 0 unspecified atom stereocenters. The minimum atomic E-state index is -3.66. The lowest BCUT2D eigenvalue weighted by atomic mass is 10.1. The lowest BCUT2D eigenvalue weighted by molar-refractivity contribution is 0.266. The lowest BCUT2D eigenvalue weighted by Crippen LogP contribution is -2.33. The summed E-state index contributed by atoms with van der Waals surface area (Å²) in [5.74, 6) is 0. The summed E-state index contributed by atoms with van der Waals surface area (Å²) in [5, 5.41) is 9.53. The van der Waals surface area contributed by atoms with Crippen molar-refractivity contribution in [3.63, 3.8) is 0 Å². The summed E-state index contributed by atoms with van der Waals surface area (Å²) in [7, 11) is -3.66. The summed E-state index contributed by atoms with van der Waals surface area (Å²) in [6, 6.07) is 16.7. The maximum Gasteiger partial charge on any atom is 0.238 e. The molecule has 3 rings (SSSR count). The van der Waals surface area contributed by atoms with Crippen molar-refractivity contribution in [2.45, 2.75) is 24.3 Å². The van der Waals surface area contributed by atoms with Crippen LogP contribution in [0.25, 0.3) is 0 Å². The van der Waals surface area contributed by atoms with E-state index in [1.54, 1.807) is 12.1 Å². The Balaban J connectivity index is 1.51. The molecule has 0 bridgehead atoms. The topological polar surface area (TPSA) is 87.8 Å². The summed E-state index contributed by atoms with van der Waals surface area (Å²) in [6.07, 6.45) is 1.85. The van der Waals surface area contributed by atoms with Gasteiger partial charge in [0.2, 0.25) is 10.0 Å². The van der Waals surface area contributed by atoms with Crippen molar-refractivity contribution < 1.29 is 8.42 Å². The van der Waals surface area contributed by atoms with Crippen LogP contribution in [0.2, 0.25) is 0 Å². The predicted molar refractivity (Wildman–Crippen MR) is 99.8 cm³/mol. The van der Waals surface area contributed by atoms with E-state index in [4.69, 9.17) is 5.14 Å². The highest BCUT2D eigenvalue weighted by atomic mass is 32.2. The summed E-state index contributed by atoms with van der Waals surface area (Å²) in [6.45, 7) is 2.94. The van der Waals surface area contributed by atoms with Gasteiger partial charge >= 0.3 is 0 Å². The van der Waals surface area contributed by atoms with Gasteiger partial charge < -0.3 is 0 Å². The number of nitrogens with one attached hydrogen (secondary N) is 1. The monoisotopic (exact) mass is 358 g/mol.